The molecule has 0 saturated heterocycles. The number of aryl methyl sites for hydroxylation is 1. The molecule has 35 heavy (non-hydrogen) atoms. The standard InChI is InChI=1S/C27H22N2O6/c1-17-8-10-22(32-2)21(12-17)29-26(30)25(19-6-4-3-5-7-19)35-27(31)20(15-28)13-18-9-11-23-24(14-18)34-16-33-23/h3-14,25H,16H2,1-2H3,(H,29,30)/b20-13+. The first kappa shape index (κ1) is 23.4. The average molecular weight is 470 g/mol. The van der Waals surface area contributed by atoms with Crippen molar-refractivity contribution in [1.29, 1.82) is 5.26 Å². The van der Waals surface area contributed by atoms with E-state index >= 15 is 0 Å². The summed E-state index contributed by atoms with van der Waals surface area (Å²) in [6, 6.07) is 20.8. The number of carbonyl (C=O) groups is 2. The normalized spacial score (nSPS) is 12.9. The highest BCUT2D eigenvalue weighted by Gasteiger charge is 2.27. The van der Waals surface area contributed by atoms with Crippen LogP contribution in [0.3, 0.4) is 0 Å². The number of amides is 1. The second-order valence-electron chi connectivity index (χ2n) is 7.67. The van der Waals surface area contributed by atoms with Gasteiger partial charge < -0.3 is 24.3 Å². The lowest BCUT2D eigenvalue weighted by Crippen LogP contribution is -2.26. The van der Waals surface area contributed by atoms with Gasteiger partial charge in [-0.15, -0.1) is 0 Å². The molecule has 1 N–H and O–H groups in total. The molecule has 1 atom stereocenters. The molecule has 1 unspecified atom stereocenters. The maximum atomic E-state index is 13.2. The van der Waals surface area contributed by atoms with Gasteiger partial charge in [0.2, 0.25) is 12.9 Å². The largest absolute Gasteiger partial charge is 0.495 e. The van der Waals surface area contributed by atoms with Crippen molar-refractivity contribution in [3.63, 3.8) is 0 Å². The minimum atomic E-state index is -1.30. The van der Waals surface area contributed by atoms with E-state index in [1.807, 2.05) is 19.1 Å². The number of esters is 1. The lowest BCUT2D eigenvalue weighted by atomic mass is 10.1. The third-order valence-electron chi connectivity index (χ3n) is 5.23. The summed E-state index contributed by atoms with van der Waals surface area (Å²) in [5.74, 6) is 0.0235. The summed E-state index contributed by atoms with van der Waals surface area (Å²) in [6.07, 6.45) is 0.0656. The van der Waals surface area contributed by atoms with Crippen molar-refractivity contribution in [2.45, 2.75) is 13.0 Å². The molecule has 0 aromatic heterocycles. The van der Waals surface area contributed by atoms with Gasteiger partial charge in [-0.2, -0.15) is 5.26 Å². The highest BCUT2D eigenvalue weighted by Crippen LogP contribution is 2.33. The smallest absolute Gasteiger partial charge is 0.350 e. The Labute approximate surface area is 202 Å². The van der Waals surface area contributed by atoms with E-state index in [1.165, 1.54) is 13.2 Å². The number of carbonyl (C=O) groups excluding carboxylic acids is 2. The molecule has 1 aliphatic rings. The zero-order valence-corrected chi connectivity index (χ0v) is 19.1. The Balaban J connectivity index is 1.60. The minimum Gasteiger partial charge on any atom is -0.495 e. The van der Waals surface area contributed by atoms with Crippen molar-refractivity contribution in [3.05, 3.63) is 89.0 Å². The summed E-state index contributed by atoms with van der Waals surface area (Å²) in [4.78, 5) is 26.2. The molecule has 4 rings (SSSR count). The van der Waals surface area contributed by atoms with Crippen molar-refractivity contribution in [3.8, 4) is 23.3 Å². The number of hydrogen-bond donors (Lipinski definition) is 1. The van der Waals surface area contributed by atoms with E-state index in [9.17, 15) is 14.9 Å². The molecule has 0 radical (unpaired) electrons. The van der Waals surface area contributed by atoms with Crippen molar-refractivity contribution in [1.82, 2.24) is 0 Å². The summed E-state index contributed by atoms with van der Waals surface area (Å²) in [5, 5.41) is 12.4. The van der Waals surface area contributed by atoms with Gasteiger partial charge in [0.05, 0.1) is 12.8 Å². The van der Waals surface area contributed by atoms with Gasteiger partial charge in [0.15, 0.2) is 11.5 Å². The molecule has 0 aliphatic carbocycles. The summed E-state index contributed by atoms with van der Waals surface area (Å²) in [6.45, 7) is 1.99. The fourth-order valence-corrected chi connectivity index (χ4v) is 3.50. The van der Waals surface area contributed by atoms with Gasteiger partial charge in [0.25, 0.3) is 5.91 Å². The van der Waals surface area contributed by atoms with Gasteiger partial charge in [-0.3, -0.25) is 4.79 Å². The SMILES string of the molecule is COc1ccc(C)cc1NC(=O)C(OC(=O)/C(C#N)=C/c1ccc2c(c1)OCO2)c1ccccc1. The van der Waals surface area contributed by atoms with Crippen LogP contribution in [0.2, 0.25) is 0 Å². The van der Waals surface area contributed by atoms with E-state index in [4.69, 9.17) is 18.9 Å². The average Bonchev–Trinajstić information content (AvgIpc) is 3.34. The third-order valence-corrected chi connectivity index (χ3v) is 5.23. The number of ether oxygens (including phenoxy) is 4. The Bertz CT molecular complexity index is 1330. The molecule has 3 aromatic rings. The van der Waals surface area contributed by atoms with Gasteiger partial charge in [-0.05, 0) is 48.4 Å². The fraction of sp³-hybridized carbons (Fsp3) is 0.148. The summed E-state index contributed by atoms with van der Waals surface area (Å²) >= 11 is 0. The van der Waals surface area contributed by atoms with Crippen LogP contribution in [0, 0.1) is 18.3 Å². The van der Waals surface area contributed by atoms with Gasteiger partial charge in [0.1, 0.15) is 17.4 Å². The summed E-state index contributed by atoms with van der Waals surface area (Å²) in [7, 11) is 1.50. The zero-order valence-electron chi connectivity index (χ0n) is 19.1. The van der Waals surface area contributed by atoms with Crippen LogP contribution in [-0.2, 0) is 14.3 Å². The molecule has 0 bridgehead atoms. The predicted molar refractivity (Wildman–Crippen MR) is 128 cm³/mol. The molecular formula is C27H22N2O6. The third kappa shape index (κ3) is 5.42. The van der Waals surface area contributed by atoms with Gasteiger partial charge in [-0.25, -0.2) is 4.79 Å². The van der Waals surface area contributed by atoms with E-state index < -0.39 is 18.0 Å². The van der Waals surface area contributed by atoms with Crippen molar-refractivity contribution in [2.75, 3.05) is 19.2 Å². The second-order valence-corrected chi connectivity index (χ2v) is 7.67. The number of benzene rings is 3. The van der Waals surface area contributed by atoms with E-state index in [0.29, 0.717) is 34.1 Å². The van der Waals surface area contributed by atoms with Gasteiger partial charge in [0, 0.05) is 5.56 Å². The molecule has 1 aliphatic heterocycles. The monoisotopic (exact) mass is 470 g/mol. The number of rotatable bonds is 7. The maximum absolute atomic E-state index is 13.2. The van der Waals surface area contributed by atoms with E-state index in [-0.39, 0.29) is 12.4 Å². The summed E-state index contributed by atoms with van der Waals surface area (Å²) in [5.41, 5.74) is 2.07. The number of fused-ring (bicyclic) bond motifs is 1. The van der Waals surface area contributed by atoms with Crippen LogP contribution in [0.15, 0.2) is 72.3 Å². The van der Waals surface area contributed by atoms with Crippen molar-refractivity contribution in [2.24, 2.45) is 0 Å². The quantitative estimate of drug-likeness (QED) is 0.306. The van der Waals surface area contributed by atoms with Crippen molar-refractivity contribution >= 4 is 23.6 Å². The predicted octanol–water partition coefficient (Wildman–Crippen LogP) is 4.56. The van der Waals surface area contributed by atoms with E-state index in [1.54, 1.807) is 60.7 Å². The Morgan fingerprint density at radius 1 is 1.06 bits per heavy atom. The topological polar surface area (TPSA) is 107 Å². The van der Waals surface area contributed by atoms with Gasteiger partial charge >= 0.3 is 5.97 Å². The van der Waals surface area contributed by atoms with Crippen LogP contribution in [0.5, 0.6) is 17.2 Å². The highest BCUT2D eigenvalue weighted by atomic mass is 16.7. The number of nitriles is 1. The van der Waals surface area contributed by atoms with E-state index in [0.717, 1.165) is 5.56 Å². The maximum Gasteiger partial charge on any atom is 0.350 e. The fourth-order valence-electron chi connectivity index (χ4n) is 3.50. The van der Waals surface area contributed by atoms with Crippen LogP contribution < -0.4 is 19.5 Å². The first-order valence-corrected chi connectivity index (χ1v) is 10.7. The molecule has 0 saturated carbocycles. The van der Waals surface area contributed by atoms with Crippen molar-refractivity contribution < 1.29 is 28.5 Å². The number of nitrogens with one attached hydrogen (secondary N) is 1. The Morgan fingerprint density at radius 3 is 2.57 bits per heavy atom. The molecule has 176 valence electrons. The summed E-state index contributed by atoms with van der Waals surface area (Å²) < 4.78 is 21.5. The van der Waals surface area contributed by atoms with E-state index in [2.05, 4.69) is 5.32 Å². The molecule has 0 spiro atoms. The number of nitrogens with zero attached hydrogens (tertiary/aromatic N) is 1. The molecule has 3 aromatic carbocycles. The lowest BCUT2D eigenvalue weighted by molar-refractivity contribution is -0.150. The number of hydrogen-bond acceptors (Lipinski definition) is 7. The Morgan fingerprint density at radius 2 is 1.83 bits per heavy atom. The zero-order chi connectivity index (χ0) is 24.8. The number of methoxy groups -OCH3 is 1. The Hall–Kier alpha value is -4.77. The van der Waals surface area contributed by atoms with Crippen LogP contribution >= 0.6 is 0 Å². The molecule has 1 amide bonds. The molecule has 1 heterocycles. The van der Waals surface area contributed by atoms with Crippen LogP contribution in [-0.4, -0.2) is 25.8 Å². The van der Waals surface area contributed by atoms with Crippen LogP contribution in [0.25, 0.3) is 6.08 Å². The number of anilines is 1. The van der Waals surface area contributed by atoms with Gasteiger partial charge in [-0.1, -0.05) is 42.5 Å². The molecule has 8 heteroatoms. The molecular weight excluding hydrogens is 448 g/mol. The lowest BCUT2D eigenvalue weighted by Gasteiger charge is -2.19. The highest BCUT2D eigenvalue weighted by molar-refractivity contribution is 6.02. The second kappa shape index (κ2) is 10.4. The minimum absolute atomic E-state index is 0.106. The first-order chi connectivity index (χ1) is 17.0. The molecule has 0 fully saturated rings. The first-order valence-electron chi connectivity index (χ1n) is 10.7. The van der Waals surface area contributed by atoms with Crippen LogP contribution in [0.1, 0.15) is 22.8 Å². The Kier molecular flexibility index (Phi) is 6.98. The molecule has 8 nitrogen and oxygen atoms in total. The van der Waals surface area contributed by atoms with Crippen LogP contribution in [0.4, 0.5) is 5.69 Å².